The van der Waals surface area contributed by atoms with Gasteiger partial charge in [0.2, 0.25) is 0 Å². The van der Waals surface area contributed by atoms with Crippen LogP contribution in [0.2, 0.25) is 0 Å². The van der Waals surface area contributed by atoms with E-state index < -0.39 is 5.97 Å². The fourth-order valence-electron chi connectivity index (χ4n) is 2.12. The Morgan fingerprint density at radius 2 is 2.14 bits per heavy atom. The van der Waals surface area contributed by atoms with Gasteiger partial charge >= 0.3 is 5.97 Å². The van der Waals surface area contributed by atoms with Crippen molar-refractivity contribution in [2.45, 2.75) is 6.54 Å². The van der Waals surface area contributed by atoms with Crippen molar-refractivity contribution < 1.29 is 19.4 Å². The summed E-state index contributed by atoms with van der Waals surface area (Å²) < 4.78 is 10.7. The van der Waals surface area contributed by atoms with Crippen LogP contribution in [0.4, 0.5) is 0 Å². The van der Waals surface area contributed by atoms with Gasteiger partial charge in [0.1, 0.15) is 5.01 Å². The molecule has 1 aromatic heterocycles. The predicted octanol–water partition coefficient (Wildman–Crippen LogP) is 2.34. The van der Waals surface area contributed by atoms with Crippen LogP contribution < -0.4 is 9.47 Å². The number of aliphatic carboxylic acids is 1. The van der Waals surface area contributed by atoms with Crippen LogP contribution in [-0.4, -0.2) is 48.8 Å². The lowest BCUT2D eigenvalue weighted by atomic mass is 10.2. The molecule has 22 heavy (non-hydrogen) atoms. The fourth-order valence-corrected chi connectivity index (χ4v) is 2.95. The number of ether oxygens (including phenoxy) is 2. The highest BCUT2D eigenvalue weighted by atomic mass is 32.1. The molecule has 1 aromatic carbocycles. The second-order valence-corrected chi connectivity index (χ2v) is 5.61. The van der Waals surface area contributed by atoms with Gasteiger partial charge < -0.3 is 14.6 Å². The number of carbonyl (C=O) groups is 1. The van der Waals surface area contributed by atoms with E-state index in [1.807, 2.05) is 23.6 Å². The molecule has 0 radical (unpaired) electrons. The number of carboxylic acids is 1. The van der Waals surface area contributed by atoms with Crippen molar-refractivity contribution in [1.82, 2.24) is 9.88 Å². The number of likely N-dealkylation sites (N-methyl/N-ethyl adjacent to an activating group) is 1. The normalized spacial score (nSPS) is 10.7. The third-order valence-electron chi connectivity index (χ3n) is 3.02. The molecule has 0 aliphatic carbocycles. The molecule has 0 fully saturated rings. The van der Waals surface area contributed by atoms with Gasteiger partial charge in [0.25, 0.3) is 0 Å². The summed E-state index contributed by atoms with van der Waals surface area (Å²) >= 11 is 1.49. The van der Waals surface area contributed by atoms with Crippen molar-refractivity contribution in [2.75, 3.05) is 27.8 Å². The van der Waals surface area contributed by atoms with Gasteiger partial charge in [-0.1, -0.05) is 6.07 Å². The lowest BCUT2D eigenvalue weighted by Crippen LogP contribution is -2.25. The Bertz CT molecular complexity index is 657. The minimum atomic E-state index is -0.854. The van der Waals surface area contributed by atoms with Gasteiger partial charge in [0.05, 0.1) is 32.0 Å². The molecule has 2 aromatic rings. The van der Waals surface area contributed by atoms with Gasteiger partial charge in [-0.3, -0.25) is 9.69 Å². The molecule has 0 bridgehead atoms. The molecule has 0 atom stereocenters. The van der Waals surface area contributed by atoms with Crippen LogP contribution >= 0.6 is 11.3 Å². The monoisotopic (exact) mass is 322 g/mol. The summed E-state index contributed by atoms with van der Waals surface area (Å²) in [6.07, 6.45) is 0. The number of aromatic nitrogens is 1. The van der Waals surface area contributed by atoms with Gasteiger partial charge in [-0.2, -0.15) is 0 Å². The molecule has 1 heterocycles. The molecule has 0 unspecified atom stereocenters. The van der Waals surface area contributed by atoms with Crippen LogP contribution in [0.5, 0.6) is 11.5 Å². The third-order valence-corrected chi connectivity index (χ3v) is 3.95. The van der Waals surface area contributed by atoms with Crippen molar-refractivity contribution in [3.8, 4) is 22.1 Å². The second kappa shape index (κ2) is 7.24. The summed E-state index contributed by atoms with van der Waals surface area (Å²) in [5.41, 5.74) is 1.69. The molecular weight excluding hydrogens is 304 g/mol. The van der Waals surface area contributed by atoms with E-state index in [9.17, 15) is 4.79 Å². The molecule has 0 saturated heterocycles. The number of nitrogens with zero attached hydrogens (tertiary/aromatic N) is 2. The first-order chi connectivity index (χ1) is 10.5. The summed E-state index contributed by atoms with van der Waals surface area (Å²) in [5.74, 6) is 0.442. The van der Waals surface area contributed by atoms with E-state index in [2.05, 4.69) is 4.98 Å². The molecule has 0 amide bonds. The second-order valence-electron chi connectivity index (χ2n) is 4.75. The first-order valence-electron chi connectivity index (χ1n) is 6.61. The average molecular weight is 322 g/mol. The lowest BCUT2D eigenvalue weighted by Gasteiger charge is -2.12. The number of hydrogen-bond donors (Lipinski definition) is 1. The Morgan fingerprint density at radius 1 is 1.36 bits per heavy atom. The average Bonchev–Trinajstić information content (AvgIpc) is 2.93. The molecule has 7 heteroatoms. The van der Waals surface area contributed by atoms with E-state index in [4.69, 9.17) is 14.6 Å². The molecule has 0 aliphatic heterocycles. The van der Waals surface area contributed by atoms with E-state index >= 15 is 0 Å². The summed E-state index contributed by atoms with van der Waals surface area (Å²) in [7, 11) is 4.94. The maximum absolute atomic E-state index is 10.7. The lowest BCUT2D eigenvalue weighted by molar-refractivity contribution is -0.138. The van der Waals surface area contributed by atoms with Crippen LogP contribution in [0.1, 0.15) is 5.69 Å². The Kier molecular flexibility index (Phi) is 5.35. The standard InChI is InChI=1S/C15H18N2O4S/c1-17(8-13(18)19)7-10-9-22-15(16-10)11-5-4-6-12(20-2)14(11)21-3/h4-6,9H,7-8H2,1-3H3,(H,18,19). The zero-order valence-corrected chi connectivity index (χ0v) is 13.5. The van der Waals surface area contributed by atoms with Crippen molar-refractivity contribution in [3.63, 3.8) is 0 Å². The van der Waals surface area contributed by atoms with Crippen molar-refractivity contribution in [1.29, 1.82) is 0 Å². The Labute approximate surface area is 132 Å². The highest BCUT2D eigenvalue weighted by molar-refractivity contribution is 7.13. The number of methoxy groups -OCH3 is 2. The Hall–Kier alpha value is -2.12. The van der Waals surface area contributed by atoms with E-state index in [1.54, 1.807) is 26.2 Å². The van der Waals surface area contributed by atoms with Gasteiger partial charge in [-0.25, -0.2) is 4.98 Å². The minimum absolute atomic E-state index is 0.0185. The zero-order chi connectivity index (χ0) is 16.1. The quantitative estimate of drug-likeness (QED) is 0.843. The van der Waals surface area contributed by atoms with E-state index in [-0.39, 0.29) is 6.54 Å². The number of hydrogen-bond acceptors (Lipinski definition) is 6. The van der Waals surface area contributed by atoms with Crippen LogP contribution in [0, 0.1) is 0 Å². The Morgan fingerprint density at radius 3 is 2.77 bits per heavy atom. The van der Waals surface area contributed by atoms with E-state index in [0.717, 1.165) is 16.3 Å². The molecular formula is C15H18N2O4S. The van der Waals surface area contributed by atoms with Gasteiger partial charge in [-0.05, 0) is 19.2 Å². The number of carboxylic acid groups (broad SMARTS) is 1. The molecule has 1 N–H and O–H groups in total. The summed E-state index contributed by atoms with van der Waals surface area (Å²) in [5, 5.41) is 11.5. The van der Waals surface area contributed by atoms with Crippen LogP contribution in [-0.2, 0) is 11.3 Å². The van der Waals surface area contributed by atoms with Crippen molar-refractivity contribution in [3.05, 3.63) is 29.3 Å². The van der Waals surface area contributed by atoms with Gasteiger partial charge in [0.15, 0.2) is 11.5 Å². The topological polar surface area (TPSA) is 71.9 Å². The molecule has 0 saturated carbocycles. The van der Waals surface area contributed by atoms with E-state index in [0.29, 0.717) is 18.0 Å². The minimum Gasteiger partial charge on any atom is -0.493 e. The SMILES string of the molecule is COc1cccc(-c2nc(CN(C)CC(=O)O)cs2)c1OC. The van der Waals surface area contributed by atoms with Crippen LogP contribution in [0.25, 0.3) is 10.6 Å². The van der Waals surface area contributed by atoms with E-state index in [1.165, 1.54) is 11.3 Å². The summed E-state index contributed by atoms with van der Waals surface area (Å²) in [6, 6.07) is 5.64. The predicted molar refractivity (Wildman–Crippen MR) is 84.6 cm³/mol. The third kappa shape index (κ3) is 3.75. The van der Waals surface area contributed by atoms with Crippen LogP contribution in [0.15, 0.2) is 23.6 Å². The fraction of sp³-hybridized carbons (Fsp3) is 0.333. The highest BCUT2D eigenvalue weighted by Crippen LogP contribution is 2.38. The summed E-state index contributed by atoms with van der Waals surface area (Å²) in [6.45, 7) is 0.463. The molecule has 0 spiro atoms. The molecule has 118 valence electrons. The molecule has 0 aliphatic rings. The molecule has 2 rings (SSSR count). The number of benzene rings is 1. The number of thiazole rings is 1. The number of rotatable bonds is 7. The van der Waals surface area contributed by atoms with Crippen LogP contribution in [0.3, 0.4) is 0 Å². The highest BCUT2D eigenvalue weighted by Gasteiger charge is 2.15. The largest absolute Gasteiger partial charge is 0.493 e. The first kappa shape index (κ1) is 16.3. The smallest absolute Gasteiger partial charge is 0.317 e. The van der Waals surface area contributed by atoms with Crippen molar-refractivity contribution in [2.24, 2.45) is 0 Å². The first-order valence-corrected chi connectivity index (χ1v) is 7.49. The summed E-state index contributed by atoms with van der Waals surface area (Å²) in [4.78, 5) is 16.9. The zero-order valence-electron chi connectivity index (χ0n) is 12.7. The maximum Gasteiger partial charge on any atom is 0.317 e. The van der Waals surface area contributed by atoms with Crippen molar-refractivity contribution >= 4 is 17.3 Å². The maximum atomic E-state index is 10.7. The van der Waals surface area contributed by atoms with Gasteiger partial charge in [0, 0.05) is 11.9 Å². The number of para-hydroxylation sites is 1. The molecule has 6 nitrogen and oxygen atoms in total. The Balaban J connectivity index is 2.23. The van der Waals surface area contributed by atoms with Gasteiger partial charge in [-0.15, -0.1) is 11.3 Å².